The molecule has 1 unspecified atom stereocenters. The molecule has 0 N–H and O–H groups in total. The van der Waals surface area contributed by atoms with Gasteiger partial charge in [-0.1, -0.05) is 12.1 Å². The highest BCUT2D eigenvalue weighted by molar-refractivity contribution is 5.49. The highest BCUT2D eigenvalue weighted by Gasteiger charge is 2.24. The Hall–Kier alpha value is -1.91. The fraction of sp³-hybridized carbons (Fsp3) is 0.273. The molecule has 0 radical (unpaired) electrons. The summed E-state index contributed by atoms with van der Waals surface area (Å²) in [5.74, 6) is 0. The number of aliphatic imine (C=N–C) groups is 1. The molecule has 0 fully saturated rings. The summed E-state index contributed by atoms with van der Waals surface area (Å²) >= 11 is 0. The van der Waals surface area contributed by atoms with Crippen molar-refractivity contribution in [1.29, 1.82) is 5.26 Å². The maximum atomic E-state index is 10.2. The summed E-state index contributed by atoms with van der Waals surface area (Å²) < 4.78 is 0. The van der Waals surface area contributed by atoms with E-state index in [0.717, 1.165) is 24.0 Å². The molecule has 0 saturated carbocycles. The van der Waals surface area contributed by atoms with E-state index < -0.39 is 0 Å². The van der Waals surface area contributed by atoms with Crippen molar-refractivity contribution in [3.63, 3.8) is 0 Å². The van der Waals surface area contributed by atoms with Crippen molar-refractivity contribution in [1.82, 2.24) is 0 Å². The first-order valence-electron chi connectivity index (χ1n) is 4.45. The third-order valence-corrected chi connectivity index (χ3v) is 2.55. The van der Waals surface area contributed by atoms with Gasteiger partial charge in [0.15, 0.2) is 0 Å². The number of nitriles is 1. The van der Waals surface area contributed by atoms with Gasteiger partial charge < -0.3 is 0 Å². The Balaban J connectivity index is 2.57. The molecule has 2 rings (SSSR count). The van der Waals surface area contributed by atoms with Crippen LogP contribution in [0.25, 0.3) is 0 Å². The van der Waals surface area contributed by atoms with Crippen LogP contribution in [0.4, 0.5) is 0 Å². The molecule has 0 amide bonds. The van der Waals surface area contributed by atoms with Crippen LogP contribution in [0.2, 0.25) is 0 Å². The predicted octanol–water partition coefficient (Wildman–Crippen LogP) is 1.88. The fourth-order valence-corrected chi connectivity index (χ4v) is 1.95. The lowest BCUT2D eigenvalue weighted by molar-refractivity contribution is 0.557. The molecule has 1 aromatic carbocycles. The van der Waals surface area contributed by atoms with Crippen LogP contribution in [0.3, 0.4) is 0 Å². The molecule has 1 atom stereocenters. The van der Waals surface area contributed by atoms with Gasteiger partial charge in [-0.2, -0.15) is 10.3 Å². The van der Waals surface area contributed by atoms with Crippen molar-refractivity contribution >= 4 is 6.08 Å². The van der Waals surface area contributed by atoms with Crippen molar-refractivity contribution in [3.8, 4) is 6.07 Å². The molecule has 3 nitrogen and oxygen atoms in total. The van der Waals surface area contributed by atoms with Gasteiger partial charge in [0.25, 0.3) is 0 Å². The lowest BCUT2D eigenvalue weighted by atomic mass is 10.0. The van der Waals surface area contributed by atoms with E-state index in [0.29, 0.717) is 5.56 Å². The number of fused-ring (bicyclic) bond motifs is 1. The molecule has 1 aliphatic rings. The second-order valence-electron chi connectivity index (χ2n) is 3.27. The molecule has 3 heteroatoms. The number of nitrogens with zero attached hydrogens (tertiary/aromatic N) is 2. The van der Waals surface area contributed by atoms with E-state index in [-0.39, 0.29) is 6.04 Å². The summed E-state index contributed by atoms with van der Waals surface area (Å²) in [7, 11) is 0. The van der Waals surface area contributed by atoms with E-state index in [9.17, 15) is 4.79 Å². The minimum absolute atomic E-state index is 0.154. The average Bonchev–Trinajstić information content (AvgIpc) is 2.62. The van der Waals surface area contributed by atoms with Gasteiger partial charge in [0, 0.05) is 0 Å². The van der Waals surface area contributed by atoms with Gasteiger partial charge in [0.2, 0.25) is 6.08 Å². The maximum Gasteiger partial charge on any atom is 0.235 e. The largest absolute Gasteiger partial charge is 0.235 e. The first-order valence-corrected chi connectivity index (χ1v) is 4.45. The van der Waals surface area contributed by atoms with E-state index in [4.69, 9.17) is 5.26 Å². The smallest absolute Gasteiger partial charge is 0.211 e. The normalized spacial score (nSPS) is 18.1. The first-order chi connectivity index (χ1) is 6.86. The summed E-state index contributed by atoms with van der Waals surface area (Å²) in [6, 6.07) is 7.58. The zero-order valence-corrected chi connectivity index (χ0v) is 7.53. The Kier molecular flexibility index (Phi) is 2.14. The molecular formula is C11H8N2O. The number of hydrogen-bond donors (Lipinski definition) is 0. The molecule has 0 aromatic heterocycles. The standard InChI is InChI=1S/C11H8N2O/c12-6-9-3-1-2-8-4-5-10(11(8)9)13-7-14/h1-3,10H,4-5H2. The van der Waals surface area contributed by atoms with Crippen LogP contribution >= 0.6 is 0 Å². The van der Waals surface area contributed by atoms with Gasteiger partial charge in [0.1, 0.15) is 0 Å². The molecule has 1 aliphatic carbocycles. The quantitative estimate of drug-likeness (QED) is 0.494. The summed E-state index contributed by atoms with van der Waals surface area (Å²) in [6.45, 7) is 0. The van der Waals surface area contributed by atoms with E-state index in [2.05, 4.69) is 11.1 Å². The third kappa shape index (κ3) is 1.22. The average molecular weight is 184 g/mol. The van der Waals surface area contributed by atoms with Gasteiger partial charge in [0.05, 0.1) is 17.7 Å². The molecule has 0 bridgehead atoms. The molecule has 0 heterocycles. The molecule has 68 valence electrons. The van der Waals surface area contributed by atoms with E-state index >= 15 is 0 Å². The van der Waals surface area contributed by atoms with Crippen LogP contribution in [0, 0.1) is 11.3 Å². The lowest BCUT2D eigenvalue weighted by Gasteiger charge is -2.04. The van der Waals surface area contributed by atoms with Gasteiger partial charge >= 0.3 is 0 Å². The van der Waals surface area contributed by atoms with Crippen LogP contribution in [-0.4, -0.2) is 6.08 Å². The molecule has 14 heavy (non-hydrogen) atoms. The Morgan fingerprint density at radius 2 is 2.36 bits per heavy atom. The number of hydrogen-bond acceptors (Lipinski definition) is 3. The number of benzene rings is 1. The second-order valence-corrected chi connectivity index (χ2v) is 3.27. The topological polar surface area (TPSA) is 53.2 Å². The Morgan fingerprint density at radius 1 is 1.50 bits per heavy atom. The maximum absolute atomic E-state index is 10.2. The number of isocyanates is 1. The zero-order valence-electron chi connectivity index (χ0n) is 7.53. The minimum Gasteiger partial charge on any atom is -0.211 e. The van der Waals surface area contributed by atoms with E-state index in [1.165, 1.54) is 0 Å². The lowest BCUT2D eigenvalue weighted by Crippen LogP contribution is -1.93. The van der Waals surface area contributed by atoms with E-state index in [1.807, 2.05) is 12.1 Å². The van der Waals surface area contributed by atoms with Crippen molar-refractivity contribution in [2.24, 2.45) is 4.99 Å². The van der Waals surface area contributed by atoms with Crippen LogP contribution < -0.4 is 0 Å². The van der Waals surface area contributed by atoms with Gasteiger partial charge in [-0.25, -0.2) is 4.79 Å². The first kappa shape index (κ1) is 8.68. The highest BCUT2D eigenvalue weighted by Crippen LogP contribution is 2.35. The van der Waals surface area contributed by atoms with E-state index in [1.54, 1.807) is 12.1 Å². The Labute approximate surface area is 81.7 Å². The van der Waals surface area contributed by atoms with Gasteiger partial charge in [-0.3, -0.25) is 0 Å². The fourth-order valence-electron chi connectivity index (χ4n) is 1.95. The van der Waals surface area contributed by atoms with Crippen LogP contribution in [-0.2, 0) is 11.2 Å². The number of rotatable bonds is 1. The number of aryl methyl sites for hydroxylation is 1. The Bertz CT molecular complexity index is 453. The molecular weight excluding hydrogens is 176 g/mol. The second kappa shape index (κ2) is 3.45. The van der Waals surface area contributed by atoms with Crippen LogP contribution in [0.1, 0.15) is 29.2 Å². The van der Waals surface area contributed by atoms with Crippen LogP contribution in [0.5, 0.6) is 0 Å². The Morgan fingerprint density at radius 3 is 3.07 bits per heavy atom. The molecule has 1 aromatic rings. The summed E-state index contributed by atoms with van der Waals surface area (Å²) in [5, 5.41) is 8.90. The molecule has 0 saturated heterocycles. The summed E-state index contributed by atoms with van der Waals surface area (Å²) in [5.41, 5.74) is 2.68. The minimum atomic E-state index is -0.154. The van der Waals surface area contributed by atoms with Crippen molar-refractivity contribution < 1.29 is 4.79 Å². The SMILES string of the molecule is N#Cc1cccc2c1C(N=C=O)CC2. The highest BCUT2D eigenvalue weighted by atomic mass is 16.1. The summed E-state index contributed by atoms with van der Waals surface area (Å²) in [4.78, 5) is 13.9. The van der Waals surface area contributed by atoms with Gasteiger partial charge in [-0.05, 0) is 30.0 Å². The van der Waals surface area contributed by atoms with Crippen LogP contribution in [0.15, 0.2) is 23.2 Å². The van der Waals surface area contributed by atoms with Crippen molar-refractivity contribution in [2.45, 2.75) is 18.9 Å². The molecule has 0 spiro atoms. The third-order valence-electron chi connectivity index (χ3n) is 2.55. The zero-order chi connectivity index (χ0) is 9.97. The monoisotopic (exact) mass is 184 g/mol. The van der Waals surface area contributed by atoms with Gasteiger partial charge in [-0.15, -0.1) is 0 Å². The molecule has 0 aliphatic heterocycles. The van der Waals surface area contributed by atoms with Crippen molar-refractivity contribution in [3.05, 3.63) is 34.9 Å². The predicted molar refractivity (Wildman–Crippen MR) is 50.3 cm³/mol. The van der Waals surface area contributed by atoms with Crippen molar-refractivity contribution in [2.75, 3.05) is 0 Å². The summed E-state index contributed by atoms with van der Waals surface area (Å²) in [6.07, 6.45) is 3.27. The number of carbonyl (C=O) groups excluding carboxylic acids is 1.